The smallest absolute Gasteiger partial charge is 0.267 e. The molecule has 0 atom stereocenters. The highest BCUT2D eigenvalue weighted by Crippen LogP contribution is 2.43. The number of aromatic nitrogens is 1. The summed E-state index contributed by atoms with van der Waals surface area (Å²) in [4.78, 5) is 14.4. The third-order valence-corrected chi connectivity index (χ3v) is 5.30. The number of rotatable bonds is 5. The van der Waals surface area contributed by atoms with Crippen LogP contribution in [-0.4, -0.2) is 25.9 Å². The van der Waals surface area contributed by atoms with Gasteiger partial charge in [0.25, 0.3) is 15.0 Å². The molecule has 0 unspecified atom stereocenters. The molecule has 1 aromatic rings. The summed E-state index contributed by atoms with van der Waals surface area (Å²) in [7, 11) is 1.40. The molecule has 0 saturated heterocycles. The standard InChI is InChI=1S/C12H17ClN2O3S/c1-2-12(4-3-5-12)8-15-11(16)10-6-9(7-14-10)19(13,17)18/h6-7,14H,2-5,8H2,1H3,(H,15,16). The highest BCUT2D eigenvalue weighted by Gasteiger charge is 2.35. The van der Waals surface area contributed by atoms with Gasteiger partial charge in [0.05, 0.1) is 0 Å². The van der Waals surface area contributed by atoms with Crippen molar-refractivity contribution in [2.45, 2.75) is 37.5 Å². The maximum Gasteiger partial charge on any atom is 0.267 e. The molecule has 1 aliphatic carbocycles. The minimum Gasteiger partial charge on any atom is -0.356 e. The van der Waals surface area contributed by atoms with Gasteiger partial charge in [0.1, 0.15) is 10.6 Å². The Labute approximate surface area is 117 Å². The van der Waals surface area contributed by atoms with Crippen molar-refractivity contribution in [3.63, 3.8) is 0 Å². The van der Waals surface area contributed by atoms with E-state index >= 15 is 0 Å². The van der Waals surface area contributed by atoms with Gasteiger partial charge in [0.15, 0.2) is 0 Å². The Balaban J connectivity index is 1.99. The molecule has 1 aliphatic rings. The van der Waals surface area contributed by atoms with Crippen LogP contribution >= 0.6 is 10.7 Å². The van der Waals surface area contributed by atoms with Crippen LogP contribution in [0, 0.1) is 5.41 Å². The molecule has 7 heteroatoms. The molecule has 2 rings (SSSR count). The Hall–Kier alpha value is -1.01. The molecule has 1 amide bonds. The predicted molar refractivity (Wildman–Crippen MR) is 72.7 cm³/mol. The molecular formula is C12H17ClN2O3S. The van der Waals surface area contributed by atoms with Gasteiger partial charge in [-0.25, -0.2) is 8.42 Å². The van der Waals surface area contributed by atoms with Gasteiger partial charge in [0.2, 0.25) is 0 Å². The number of hydrogen-bond acceptors (Lipinski definition) is 3. The minimum absolute atomic E-state index is 0.0897. The van der Waals surface area contributed by atoms with Crippen molar-refractivity contribution in [3.05, 3.63) is 18.0 Å². The van der Waals surface area contributed by atoms with E-state index in [1.54, 1.807) is 0 Å². The zero-order valence-corrected chi connectivity index (χ0v) is 12.3. The van der Waals surface area contributed by atoms with Crippen LogP contribution in [0.15, 0.2) is 17.2 Å². The van der Waals surface area contributed by atoms with Gasteiger partial charge in [0, 0.05) is 23.4 Å². The molecule has 1 aromatic heterocycles. The third kappa shape index (κ3) is 3.12. The highest BCUT2D eigenvalue weighted by molar-refractivity contribution is 8.13. The minimum atomic E-state index is -3.80. The summed E-state index contributed by atoms with van der Waals surface area (Å²) >= 11 is 0. The molecule has 1 heterocycles. The molecule has 0 radical (unpaired) electrons. The van der Waals surface area contributed by atoms with Crippen molar-refractivity contribution in [3.8, 4) is 0 Å². The van der Waals surface area contributed by atoms with Crippen LogP contribution in [0.3, 0.4) is 0 Å². The number of carbonyl (C=O) groups is 1. The first-order valence-corrected chi connectivity index (χ1v) is 8.58. The Morgan fingerprint density at radius 3 is 2.63 bits per heavy atom. The summed E-state index contributed by atoms with van der Waals surface area (Å²) < 4.78 is 22.2. The molecule has 106 valence electrons. The highest BCUT2D eigenvalue weighted by atomic mass is 35.7. The quantitative estimate of drug-likeness (QED) is 0.819. The van der Waals surface area contributed by atoms with Crippen LogP contribution in [0.5, 0.6) is 0 Å². The zero-order chi connectivity index (χ0) is 14.1. The van der Waals surface area contributed by atoms with Gasteiger partial charge in [-0.1, -0.05) is 13.3 Å². The van der Waals surface area contributed by atoms with Crippen molar-refractivity contribution in [1.82, 2.24) is 10.3 Å². The van der Waals surface area contributed by atoms with E-state index < -0.39 is 9.05 Å². The monoisotopic (exact) mass is 304 g/mol. The Morgan fingerprint density at radius 1 is 1.53 bits per heavy atom. The van der Waals surface area contributed by atoms with E-state index in [1.165, 1.54) is 18.7 Å². The molecule has 0 spiro atoms. The van der Waals surface area contributed by atoms with Gasteiger partial charge in [-0.05, 0) is 30.7 Å². The van der Waals surface area contributed by atoms with E-state index in [9.17, 15) is 13.2 Å². The lowest BCUT2D eigenvalue weighted by molar-refractivity contribution is 0.0846. The summed E-state index contributed by atoms with van der Waals surface area (Å²) in [5.41, 5.74) is 0.439. The Kier molecular flexibility index (Phi) is 3.92. The van der Waals surface area contributed by atoms with Crippen molar-refractivity contribution in [1.29, 1.82) is 0 Å². The van der Waals surface area contributed by atoms with Crippen LogP contribution in [0.2, 0.25) is 0 Å². The number of hydrogen-bond donors (Lipinski definition) is 2. The van der Waals surface area contributed by atoms with Gasteiger partial charge in [-0.3, -0.25) is 4.79 Å². The molecule has 0 bridgehead atoms. The molecule has 2 N–H and O–H groups in total. The number of carbonyl (C=O) groups excluding carboxylic acids is 1. The molecule has 5 nitrogen and oxygen atoms in total. The van der Waals surface area contributed by atoms with Gasteiger partial charge < -0.3 is 10.3 Å². The Bertz CT molecular complexity index is 570. The third-order valence-electron chi connectivity index (χ3n) is 3.97. The summed E-state index contributed by atoms with van der Waals surface area (Å²) in [6, 6.07) is 1.25. The summed E-state index contributed by atoms with van der Waals surface area (Å²) in [5, 5.41) is 2.85. The summed E-state index contributed by atoms with van der Waals surface area (Å²) in [6.45, 7) is 2.75. The van der Waals surface area contributed by atoms with Crippen molar-refractivity contribution in [2.24, 2.45) is 5.41 Å². The molecule has 1 fully saturated rings. The van der Waals surface area contributed by atoms with E-state index in [2.05, 4.69) is 17.2 Å². The first kappa shape index (κ1) is 14.4. The SMILES string of the molecule is CCC1(CNC(=O)c2cc(S(=O)(=O)Cl)c[nH]2)CCC1. The number of aromatic amines is 1. The largest absolute Gasteiger partial charge is 0.356 e. The van der Waals surface area contributed by atoms with Crippen LogP contribution in [0.1, 0.15) is 43.1 Å². The average Bonchev–Trinajstić information content (AvgIpc) is 2.76. The normalized spacial score (nSPS) is 17.8. The van der Waals surface area contributed by atoms with Crippen molar-refractivity contribution >= 4 is 25.6 Å². The van der Waals surface area contributed by atoms with Gasteiger partial charge >= 0.3 is 0 Å². The number of amides is 1. The number of halogens is 1. The van der Waals surface area contributed by atoms with Crippen molar-refractivity contribution < 1.29 is 13.2 Å². The van der Waals surface area contributed by atoms with E-state index in [1.807, 2.05) is 0 Å². The summed E-state index contributed by atoms with van der Waals surface area (Å²) in [6.07, 6.45) is 5.74. The topological polar surface area (TPSA) is 79.0 Å². The first-order valence-electron chi connectivity index (χ1n) is 6.28. The second kappa shape index (κ2) is 5.17. The number of nitrogens with one attached hydrogen (secondary N) is 2. The molecule has 0 aliphatic heterocycles. The predicted octanol–water partition coefficient (Wildman–Crippen LogP) is 2.25. The zero-order valence-electron chi connectivity index (χ0n) is 10.7. The fourth-order valence-electron chi connectivity index (χ4n) is 2.34. The first-order chi connectivity index (χ1) is 8.86. The second-order valence-corrected chi connectivity index (χ2v) is 7.64. The van der Waals surface area contributed by atoms with Gasteiger partial charge in [-0.15, -0.1) is 0 Å². The lowest BCUT2D eigenvalue weighted by Crippen LogP contribution is -2.41. The van der Waals surface area contributed by atoms with Gasteiger partial charge in [-0.2, -0.15) is 0 Å². The van der Waals surface area contributed by atoms with Crippen molar-refractivity contribution in [2.75, 3.05) is 6.54 Å². The maximum absolute atomic E-state index is 11.9. The molecule has 19 heavy (non-hydrogen) atoms. The summed E-state index contributed by atoms with van der Waals surface area (Å²) in [5.74, 6) is -0.300. The van der Waals surface area contributed by atoms with Crippen LogP contribution in [-0.2, 0) is 9.05 Å². The lowest BCUT2D eigenvalue weighted by atomic mass is 9.67. The fourth-order valence-corrected chi connectivity index (χ4v) is 3.07. The van der Waals surface area contributed by atoms with Crippen LogP contribution in [0.4, 0.5) is 0 Å². The molecule has 1 saturated carbocycles. The van der Waals surface area contributed by atoms with Crippen LogP contribution < -0.4 is 5.32 Å². The lowest BCUT2D eigenvalue weighted by Gasteiger charge is -2.41. The maximum atomic E-state index is 11.9. The fraction of sp³-hybridized carbons (Fsp3) is 0.583. The molecule has 0 aromatic carbocycles. The Morgan fingerprint density at radius 2 is 2.21 bits per heavy atom. The van der Waals surface area contributed by atoms with E-state index in [-0.39, 0.29) is 21.9 Å². The van der Waals surface area contributed by atoms with E-state index in [0.29, 0.717) is 6.54 Å². The van der Waals surface area contributed by atoms with Crippen LogP contribution in [0.25, 0.3) is 0 Å². The van der Waals surface area contributed by atoms with E-state index in [4.69, 9.17) is 10.7 Å². The van der Waals surface area contributed by atoms with E-state index in [0.717, 1.165) is 19.3 Å². The molecular weight excluding hydrogens is 288 g/mol. The average molecular weight is 305 g/mol. The number of H-pyrrole nitrogens is 1. The second-order valence-electron chi connectivity index (χ2n) is 5.08.